The third-order valence-electron chi connectivity index (χ3n) is 5.11. The Kier molecular flexibility index (Phi) is 12.5. The molecule has 11 heteroatoms. The first kappa shape index (κ1) is 30.4. The Hall–Kier alpha value is -3.14. The van der Waals surface area contributed by atoms with Crippen molar-refractivity contribution in [3.63, 3.8) is 0 Å². The normalized spacial score (nSPS) is 12.8. The first-order valence-electron chi connectivity index (χ1n) is 12.1. The van der Waals surface area contributed by atoms with Crippen LogP contribution in [-0.2, 0) is 67.8 Å². The summed E-state index contributed by atoms with van der Waals surface area (Å²) < 4.78 is 53.1. The number of carbonyl (C=O) groups excluding carboxylic acids is 2. The van der Waals surface area contributed by atoms with E-state index in [9.17, 15) is 18.4 Å². The van der Waals surface area contributed by atoms with Crippen molar-refractivity contribution in [1.82, 2.24) is 0 Å². The molecule has 0 bridgehead atoms. The number of hydrogen-bond acceptors (Lipinski definition) is 9. The zero-order chi connectivity index (χ0) is 27.9. The lowest BCUT2D eigenvalue weighted by Gasteiger charge is -2.22. The van der Waals surface area contributed by atoms with Crippen LogP contribution in [0.4, 0.5) is 0 Å². The van der Waals surface area contributed by atoms with Crippen molar-refractivity contribution in [2.75, 3.05) is 18.1 Å². The second-order valence-electron chi connectivity index (χ2n) is 8.39. The summed E-state index contributed by atoms with van der Waals surface area (Å²) in [5.41, 5.74) is 2.29. The topological polar surface area (TPSA) is 114 Å². The molecule has 0 aliphatic carbocycles. The van der Waals surface area contributed by atoms with Gasteiger partial charge in [-0.25, -0.2) is 4.57 Å². The second kappa shape index (κ2) is 16.1. The van der Waals surface area contributed by atoms with Gasteiger partial charge < -0.3 is 9.47 Å². The van der Waals surface area contributed by atoms with Crippen molar-refractivity contribution in [3.8, 4) is 0 Å². The fourth-order valence-electron chi connectivity index (χ4n) is 3.27. The number of carbonyl (C=O) groups is 2. The maximum Gasteiger partial charge on any atom is 0.475 e. The fourth-order valence-corrected chi connectivity index (χ4v) is 5.50. The van der Waals surface area contributed by atoms with Gasteiger partial charge in [-0.15, -0.1) is 0 Å². The summed E-state index contributed by atoms with van der Waals surface area (Å²) in [7, 11) is -5.90. The third kappa shape index (κ3) is 12.1. The summed E-state index contributed by atoms with van der Waals surface area (Å²) in [6, 6.07) is 27.2. The molecule has 208 valence electrons. The van der Waals surface area contributed by atoms with Gasteiger partial charge in [-0.3, -0.25) is 27.4 Å². The van der Waals surface area contributed by atoms with E-state index in [0.717, 1.165) is 16.7 Å². The number of ether oxygens (including phenoxy) is 2. The van der Waals surface area contributed by atoms with Crippen molar-refractivity contribution < 1.29 is 41.4 Å². The van der Waals surface area contributed by atoms with E-state index in [1.54, 1.807) is 36.4 Å². The van der Waals surface area contributed by atoms with E-state index in [4.69, 9.17) is 23.0 Å². The lowest BCUT2D eigenvalue weighted by Crippen LogP contribution is -2.30. The molecule has 3 rings (SSSR count). The Bertz CT molecular complexity index is 1190. The van der Waals surface area contributed by atoms with E-state index < -0.39 is 49.0 Å². The molecule has 2 atom stereocenters. The van der Waals surface area contributed by atoms with Crippen molar-refractivity contribution in [2.45, 2.75) is 32.8 Å². The summed E-state index contributed by atoms with van der Waals surface area (Å²) in [6.07, 6.45) is -1.07. The number of benzene rings is 3. The molecule has 3 aromatic carbocycles. The number of rotatable bonds is 16. The highest BCUT2D eigenvalue weighted by molar-refractivity contribution is 7.85. The van der Waals surface area contributed by atoms with Crippen LogP contribution in [0.15, 0.2) is 91.0 Å². The van der Waals surface area contributed by atoms with Crippen LogP contribution in [-0.4, -0.2) is 40.4 Å². The highest BCUT2D eigenvalue weighted by Crippen LogP contribution is 2.51. The van der Waals surface area contributed by atoms with Crippen LogP contribution < -0.4 is 0 Å². The molecule has 0 amide bonds. The Balaban J connectivity index is 1.58. The highest BCUT2D eigenvalue weighted by atomic mass is 32.2. The van der Waals surface area contributed by atoms with Gasteiger partial charge in [-0.1, -0.05) is 91.0 Å². The Labute approximate surface area is 230 Å². The molecule has 0 radical (unpaired) electrons. The molecule has 0 N–H and O–H groups in total. The van der Waals surface area contributed by atoms with E-state index in [-0.39, 0.29) is 25.6 Å². The molecular formula is C28H31O9PS. The van der Waals surface area contributed by atoms with Gasteiger partial charge in [-0.2, -0.15) is 0 Å². The van der Waals surface area contributed by atoms with Gasteiger partial charge in [0.05, 0.1) is 25.6 Å². The molecule has 1 unspecified atom stereocenters. The third-order valence-corrected chi connectivity index (χ3v) is 7.77. The first-order chi connectivity index (χ1) is 18.8. The van der Waals surface area contributed by atoms with Crippen LogP contribution in [0.3, 0.4) is 0 Å². The summed E-state index contributed by atoms with van der Waals surface area (Å²) >= 11 is 0. The first-order valence-corrected chi connectivity index (χ1v) is 15.1. The van der Waals surface area contributed by atoms with Crippen LogP contribution in [0.2, 0.25) is 0 Å². The summed E-state index contributed by atoms with van der Waals surface area (Å²) in [5.74, 6) is -1.96. The maximum absolute atomic E-state index is 13.5. The number of hydrogen-bond donors (Lipinski definition) is 0. The quantitative estimate of drug-likeness (QED) is 0.173. The van der Waals surface area contributed by atoms with Crippen LogP contribution in [0.5, 0.6) is 0 Å². The van der Waals surface area contributed by atoms with Crippen molar-refractivity contribution in [3.05, 3.63) is 108 Å². The van der Waals surface area contributed by atoms with Gasteiger partial charge in [0.15, 0.2) is 0 Å². The summed E-state index contributed by atoms with van der Waals surface area (Å²) in [6.45, 7) is 0.704. The van der Waals surface area contributed by atoms with E-state index >= 15 is 0 Å². The van der Waals surface area contributed by atoms with Crippen LogP contribution in [0.25, 0.3) is 0 Å². The molecular weight excluding hydrogens is 543 g/mol. The SMILES string of the molecule is CC(=O)O[C@H](COP(=O)(OCc1ccccc1)OCc1ccccc1)CS(=O)CC(=O)OCc1ccccc1. The predicted molar refractivity (Wildman–Crippen MR) is 146 cm³/mol. The van der Waals surface area contributed by atoms with Gasteiger partial charge in [0.2, 0.25) is 0 Å². The van der Waals surface area contributed by atoms with Crippen molar-refractivity contribution in [1.29, 1.82) is 0 Å². The molecule has 3 aromatic rings. The molecule has 0 aliphatic rings. The van der Waals surface area contributed by atoms with Crippen LogP contribution in [0, 0.1) is 0 Å². The Morgan fingerprint density at radius 3 is 1.67 bits per heavy atom. The molecule has 0 spiro atoms. The minimum absolute atomic E-state index is 0.0496. The van der Waals surface area contributed by atoms with E-state index in [2.05, 4.69) is 0 Å². The lowest BCUT2D eigenvalue weighted by molar-refractivity contribution is -0.147. The summed E-state index contributed by atoms with van der Waals surface area (Å²) in [4.78, 5) is 23.8. The highest BCUT2D eigenvalue weighted by Gasteiger charge is 2.30. The van der Waals surface area contributed by atoms with Crippen LogP contribution >= 0.6 is 7.82 Å². The van der Waals surface area contributed by atoms with E-state index in [1.165, 1.54) is 6.92 Å². The zero-order valence-electron chi connectivity index (χ0n) is 21.5. The molecule has 0 saturated carbocycles. The number of phosphoric ester groups is 1. The van der Waals surface area contributed by atoms with Crippen LogP contribution in [0.1, 0.15) is 23.6 Å². The minimum Gasteiger partial charge on any atom is -0.460 e. The van der Waals surface area contributed by atoms with E-state index in [0.29, 0.717) is 0 Å². The molecule has 0 aliphatic heterocycles. The van der Waals surface area contributed by atoms with Gasteiger partial charge in [0, 0.05) is 17.7 Å². The average Bonchev–Trinajstić information content (AvgIpc) is 2.94. The second-order valence-corrected chi connectivity index (χ2v) is 11.6. The Morgan fingerprint density at radius 2 is 1.21 bits per heavy atom. The molecule has 0 fully saturated rings. The molecule has 0 saturated heterocycles. The maximum atomic E-state index is 13.5. The molecule has 0 heterocycles. The van der Waals surface area contributed by atoms with Gasteiger partial charge >= 0.3 is 19.8 Å². The molecule has 9 nitrogen and oxygen atoms in total. The van der Waals surface area contributed by atoms with Gasteiger partial charge in [0.1, 0.15) is 18.5 Å². The molecule has 39 heavy (non-hydrogen) atoms. The fraction of sp³-hybridized carbons (Fsp3) is 0.286. The predicted octanol–water partition coefficient (Wildman–Crippen LogP) is 4.97. The largest absolute Gasteiger partial charge is 0.475 e. The smallest absolute Gasteiger partial charge is 0.460 e. The van der Waals surface area contributed by atoms with Crippen molar-refractivity contribution in [2.24, 2.45) is 0 Å². The average molecular weight is 575 g/mol. The number of esters is 2. The minimum atomic E-state index is -4.15. The van der Waals surface area contributed by atoms with Gasteiger partial charge in [-0.05, 0) is 16.7 Å². The monoisotopic (exact) mass is 574 g/mol. The Morgan fingerprint density at radius 1 is 0.744 bits per heavy atom. The number of phosphoric acid groups is 1. The summed E-state index contributed by atoms with van der Waals surface area (Å²) in [5, 5.41) is 0. The van der Waals surface area contributed by atoms with Gasteiger partial charge in [0.25, 0.3) is 0 Å². The zero-order valence-corrected chi connectivity index (χ0v) is 23.2. The molecule has 0 aromatic heterocycles. The van der Waals surface area contributed by atoms with Crippen molar-refractivity contribution >= 4 is 30.6 Å². The van der Waals surface area contributed by atoms with E-state index in [1.807, 2.05) is 54.6 Å². The standard InChI is InChI=1S/C28H31O9PS/c1-23(29)37-27(21-39(32)22-28(30)33-17-24-11-5-2-6-12-24)20-36-38(31,34-18-25-13-7-3-8-14-25)35-19-26-15-9-4-10-16-26/h2-16,27H,17-22H2,1H3/t27-,39?/m1/s1. The lowest BCUT2D eigenvalue weighted by atomic mass is 10.2.